The number of nitrogens with one attached hydrogen (secondary N) is 3. The van der Waals surface area contributed by atoms with Crippen LogP contribution in [0.25, 0.3) is 11.0 Å². The number of nitrogens with zero attached hydrogens (tertiary/aromatic N) is 1. The summed E-state index contributed by atoms with van der Waals surface area (Å²) >= 11 is 0. The lowest BCUT2D eigenvalue weighted by atomic mass is 10.1. The molecule has 0 aliphatic rings. The van der Waals surface area contributed by atoms with Gasteiger partial charge >= 0.3 is 0 Å². The Morgan fingerprint density at radius 3 is 2.62 bits per heavy atom. The molecule has 134 valence electrons. The summed E-state index contributed by atoms with van der Waals surface area (Å²) in [6.45, 7) is 2.38. The largest absolute Gasteiger partial charge is 0.355 e. The number of amides is 2. The summed E-state index contributed by atoms with van der Waals surface area (Å²) in [6.07, 6.45) is 1.53. The number of aryl methyl sites for hydroxylation is 2. The molecule has 3 N–H and O–H groups in total. The van der Waals surface area contributed by atoms with Crippen molar-refractivity contribution in [2.45, 2.75) is 19.8 Å². The number of aromatic amines is 1. The van der Waals surface area contributed by atoms with Crippen LogP contribution in [0.3, 0.4) is 0 Å². The second kappa shape index (κ2) is 8.29. The van der Waals surface area contributed by atoms with Gasteiger partial charge in [0.15, 0.2) is 0 Å². The van der Waals surface area contributed by atoms with Crippen molar-refractivity contribution in [2.24, 2.45) is 0 Å². The zero-order valence-corrected chi connectivity index (χ0v) is 14.7. The first kappa shape index (κ1) is 17.7. The van der Waals surface area contributed by atoms with Crippen LogP contribution >= 0.6 is 0 Å². The molecule has 0 aliphatic heterocycles. The van der Waals surface area contributed by atoms with Crippen LogP contribution in [0.2, 0.25) is 0 Å². The minimum Gasteiger partial charge on any atom is -0.355 e. The number of hydrogen-bond acceptors (Lipinski definition) is 3. The van der Waals surface area contributed by atoms with E-state index in [4.69, 9.17) is 0 Å². The highest BCUT2D eigenvalue weighted by Gasteiger charge is 2.09. The third-order valence-electron chi connectivity index (χ3n) is 4.15. The van der Waals surface area contributed by atoms with Crippen molar-refractivity contribution in [3.63, 3.8) is 0 Å². The van der Waals surface area contributed by atoms with Crippen molar-refractivity contribution in [2.75, 3.05) is 13.1 Å². The van der Waals surface area contributed by atoms with Crippen LogP contribution in [0.4, 0.5) is 0 Å². The number of carbonyl (C=O) groups is 2. The maximum Gasteiger partial charge on any atom is 0.251 e. The number of imidazole rings is 1. The summed E-state index contributed by atoms with van der Waals surface area (Å²) < 4.78 is 0. The van der Waals surface area contributed by atoms with Gasteiger partial charge in [-0.15, -0.1) is 0 Å². The van der Waals surface area contributed by atoms with Crippen LogP contribution in [-0.4, -0.2) is 34.9 Å². The molecule has 0 saturated carbocycles. The number of hydrogen-bond donors (Lipinski definition) is 3. The highest BCUT2D eigenvalue weighted by Crippen LogP contribution is 2.11. The van der Waals surface area contributed by atoms with Gasteiger partial charge < -0.3 is 15.6 Å². The van der Waals surface area contributed by atoms with Crippen molar-refractivity contribution in [3.8, 4) is 0 Å². The van der Waals surface area contributed by atoms with E-state index in [0.717, 1.165) is 35.3 Å². The molecule has 2 amide bonds. The summed E-state index contributed by atoms with van der Waals surface area (Å²) in [6, 6.07) is 15.2. The van der Waals surface area contributed by atoms with Crippen LogP contribution in [0, 0.1) is 6.92 Å². The van der Waals surface area contributed by atoms with Gasteiger partial charge in [0.1, 0.15) is 5.82 Å². The molecule has 3 aromatic rings. The Balaban J connectivity index is 1.37. The molecule has 6 heteroatoms. The molecule has 26 heavy (non-hydrogen) atoms. The second-order valence-corrected chi connectivity index (χ2v) is 6.15. The van der Waals surface area contributed by atoms with Crippen LogP contribution in [-0.2, 0) is 11.2 Å². The van der Waals surface area contributed by atoms with Gasteiger partial charge in [-0.1, -0.05) is 30.3 Å². The second-order valence-electron chi connectivity index (χ2n) is 6.15. The van der Waals surface area contributed by atoms with E-state index < -0.39 is 0 Å². The normalized spacial score (nSPS) is 10.7. The lowest BCUT2D eigenvalue weighted by Crippen LogP contribution is -2.37. The number of H-pyrrole nitrogens is 1. The first-order valence-corrected chi connectivity index (χ1v) is 8.67. The van der Waals surface area contributed by atoms with Crippen molar-refractivity contribution < 1.29 is 9.59 Å². The Morgan fingerprint density at radius 2 is 1.81 bits per heavy atom. The zero-order valence-electron chi connectivity index (χ0n) is 14.7. The molecule has 0 fully saturated rings. The molecule has 6 nitrogen and oxygen atoms in total. The highest BCUT2D eigenvalue weighted by atomic mass is 16.2. The van der Waals surface area contributed by atoms with E-state index >= 15 is 0 Å². The van der Waals surface area contributed by atoms with Gasteiger partial charge in [0.2, 0.25) is 5.91 Å². The van der Waals surface area contributed by atoms with E-state index in [1.54, 1.807) is 12.1 Å². The van der Waals surface area contributed by atoms with Gasteiger partial charge in [-0.3, -0.25) is 9.59 Å². The fourth-order valence-corrected chi connectivity index (χ4v) is 2.75. The number of aromatic nitrogens is 2. The quantitative estimate of drug-likeness (QED) is 0.572. The van der Waals surface area contributed by atoms with Crippen molar-refractivity contribution in [1.29, 1.82) is 0 Å². The fraction of sp³-hybridized carbons (Fsp3) is 0.250. The lowest BCUT2D eigenvalue weighted by Gasteiger charge is -2.08. The van der Waals surface area contributed by atoms with Gasteiger partial charge in [0.25, 0.3) is 5.91 Å². The molecule has 2 aromatic carbocycles. The molecule has 3 rings (SSSR count). The van der Waals surface area contributed by atoms with Gasteiger partial charge in [-0.2, -0.15) is 0 Å². The molecule has 0 unspecified atom stereocenters. The Morgan fingerprint density at radius 1 is 1.04 bits per heavy atom. The van der Waals surface area contributed by atoms with Crippen LogP contribution in [0.1, 0.15) is 28.2 Å². The van der Waals surface area contributed by atoms with E-state index in [1.807, 2.05) is 43.3 Å². The van der Waals surface area contributed by atoms with Crippen LogP contribution in [0.5, 0.6) is 0 Å². The van der Waals surface area contributed by atoms with Crippen LogP contribution < -0.4 is 10.6 Å². The predicted molar refractivity (Wildman–Crippen MR) is 101 cm³/mol. The summed E-state index contributed by atoms with van der Waals surface area (Å²) in [4.78, 5) is 31.7. The summed E-state index contributed by atoms with van der Waals surface area (Å²) in [5.41, 5.74) is 3.44. The number of rotatable bonds is 7. The number of fused-ring (bicyclic) bond motifs is 1. The minimum atomic E-state index is -0.236. The topological polar surface area (TPSA) is 86.9 Å². The first-order valence-electron chi connectivity index (χ1n) is 8.67. The van der Waals surface area contributed by atoms with Gasteiger partial charge in [-0.05, 0) is 37.1 Å². The first-order chi connectivity index (χ1) is 12.6. The standard InChI is InChI=1S/C20H22N4O2/c1-14-7-2-3-8-15(14)20(26)22-13-19(25)21-12-6-11-18-23-16-9-4-5-10-17(16)24-18/h2-5,7-10H,6,11-13H2,1H3,(H,21,25)(H,22,26)(H,23,24). The number of carbonyl (C=O) groups excluding carboxylic acids is 2. The minimum absolute atomic E-state index is 0.0300. The Labute approximate surface area is 152 Å². The van der Waals surface area contributed by atoms with Gasteiger partial charge in [-0.25, -0.2) is 4.98 Å². The Kier molecular flexibility index (Phi) is 5.63. The number of para-hydroxylation sites is 2. The fourth-order valence-electron chi connectivity index (χ4n) is 2.75. The van der Waals surface area contributed by atoms with Gasteiger partial charge in [0.05, 0.1) is 17.6 Å². The third kappa shape index (κ3) is 4.47. The predicted octanol–water partition coefficient (Wildman–Crippen LogP) is 2.35. The van der Waals surface area contributed by atoms with Crippen molar-refractivity contribution in [1.82, 2.24) is 20.6 Å². The zero-order chi connectivity index (χ0) is 18.4. The lowest BCUT2D eigenvalue weighted by molar-refractivity contribution is -0.120. The van der Waals surface area contributed by atoms with Crippen LogP contribution in [0.15, 0.2) is 48.5 Å². The molecule has 1 aromatic heterocycles. The number of benzene rings is 2. The molecule has 0 radical (unpaired) electrons. The van der Waals surface area contributed by atoms with E-state index in [2.05, 4.69) is 20.6 Å². The smallest absolute Gasteiger partial charge is 0.251 e. The van der Waals surface area contributed by atoms with E-state index in [0.29, 0.717) is 12.1 Å². The summed E-state index contributed by atoms with van der Waals surface area (Å²) in [5, 5.41) is 5.46. The molecule has 0 spiro atoms. The van der Waals surface area contributed by atoms with E-state index in [9.17, 15) is 9.59 Å². The van der Waals surface area contributed by atoms with Crippen molar-refractivity contribution in [3.05, 3.63) is 65.5 Å². The monoisotopic (exact) mass is 350 g/mol. The summed E-state index contributed by atoms with van der Waals surface area (Å²) in [7, 11) is 0. The molecule has 0 bridgehead atoms. The summed E-state index contributed by atoms with van der Waals surface area (Å²) in [5.74, 6) is 0.477. The van der Waals surface area contributed by atoms with E-state index in [1.165, 1.54) is 0 Å². The molecule has 0 aliphatic carbocycles. The Hall–Kier alpha value is -3.15. The third-order valence-corrected chi connectivity index (χ3v) is 4.15. The average Bonchev–Trinajstić information content (AvgIpc) is 3.06. The van der Waals surface area contributed by atoms with Gasteiger partial charge in [0, 0.05) is 18.5 Å². The SMILES string of the molecule is Cc1ccccc1C(=O)NCC(=O)NCCCc1nc2ccccc2[nH]1. The average molecular weight is 350 g/mol. The molecule has 0 saturated heterocycles. The maximum atomic E-state index is 12.1. The van der Waals surface area contributed by atoms with E-state index in [-0.39, 0.29) is 18.4 Å². The maximum absolute atomic E-state index is 12.1. The highest BCUT2D eigenvalue weighted by molar-refractivity contribution is 5.97. The Bertz CT molecular complexity index is 884. The molecule has 0 atom stereocenters. The molecular formula is C20H22N4O2. The van der Waals surface area contributed by atoms with Crippen molar-refractivity contribution >= 4 is 22.8 Å². The molecule has 1 heterocycles. The molecular weight excluding hydrogens is 328 g/mol.